The monoisotopic (exact) mass is 353 g/mol. The van der Waals surface area contributed by atoms with Gasteiger partial charge in [0.15, 0.2) is 9.84 Å². The molecule has 24 heavy (non-hydrogen) atoms. The minimum absolute atomic E-state index is 0.0139. The second-order valence-corrected chi connectivity index (χ2v) is 8.51. The van der Waals surface area contributed by atoms with E-state index in [2.05, 4.69) is 5.32 Å². The van der Waals surface area contributed by atoms with Gasteiger partial charge in [-0.2, -0.15) is 0 Å². The first-order valence-corrected chi connectivity index (χ1v) is 9.72. The van der Waals surface area contributed by atoms with Crippen LogP contribution in [0.3, 0.4) is 0 Å². The van der Waals surface area contributed by atoms with Crippen LogP contribution >= 0.6 is 0 Å². The maximum atomic E-state index is 12.5. The molecule has 132 valence electrons. The van der Waals surface area contributed by atoms with Crippen LogP contribution in [-0.2, 0) is 14.6 Å². The first-order valence-electron chi connectivity index (χ1n) is 8.17. The summed E-state index contributed by atoms with van der Waals surface area (Å²) >= 11 is 0. The van der Waals surface area contributed by atoms with Crippen LogP contribution in [-0.4, -0.2) is 36.7 Å². The Balaban J connectivity index is 2.00. The quantitative estimate of drug-likeness (QED) is 0.784. The maximum Gasteiger partial charge on any atom is 0.303 e. The Morgan fingerprint density at radius 3 is 2.33 bits per heavy atom. The molecule has 2 N–H and O–H groups in total. The molecule has 0 bridgehead atoms. The number of hydrogen-bond donors (Lipinski definition) is 2. The zero-order chi connectivity index (χ0) is 17.7. The summed E-state index contributed by atoms with van der Waals surface area (Å²) in [6.07, 6.45) is 3.61. The number of aliphatic carboxylic acids is 1. The summed E-state index contributed by atoms with van der Waals surface area (Å²) in [5.74, 6) is -1.24. The van der Waals surface area contributed by atoms with Crippen molar-refractivity contribution < 1.29 is 23.1 Å². The van der Waals surface area contributed by atoms with Crippen LogP contribution in [0.15, 0.2) is 29.2 Å². The highest BCUT2D eigenvalue weighted by Crippen LogP contribution is 2.29. The van der Waals surface area contributed by atoms with Gasteiger partial charge >= 0.3 is 5.97 Å². The van der Waals surface area contributed by atoms with Gasteiger partial charge in [-0.15, -0.1) is 0 Å². The van der Waals surface area contributed by atoms with Crippen LogP contribution in [0.4, 0.5) is 0 Å². The third kappa shape index (κ3) is 4.56. The molecule has 1 aliphatic rings. The molecule has 1 unspecified atom stereocenters. The Hall–Kier alpha value is -1.89. The summed E-state index contributed by atoms with van der Waals surface area (Å²) in [5.41, 5.74) is 0.363. The van der Waals surface area contributed by atoms with Crippen molar-refractivity contribution in [1.29, 1.82) is 0 Å². The molecule has 1 aromatic carbocycles. The normalized spacial score (nSPS) is 16.7. The summed E-state index contributed by atoms with van der Waals surface area (Å²) in [7, 11) is -3.32. The summed E-state index contributed by atoms with van der Waals surface area (Å²) in [6.45, 7) is 1.74. The molecule has 0 radical (unpaired) electrons. The van der Waals surface area contributed by atoms with Crippen molar-refractivity contribution in [3.8, 4) is 0 Å². The third-order valence-corrected chi connectivity index (χ3v) is 6.63. The number of carboxylic acids is 1. The average molecular weight is 353 g/mol. The molecule has 2 rings (SSSR count). The highest BCUT2D eigenvalue weighted by atomic mass is 32.2. The van der Waals surface area contributed by atoms with Crippen molar-refractivity contribution in [2.24, 2.45) is 0 Å². The standard InChI is InChI=1S/C17H23NO5S/c1-12(6-11-16(19)20)18-17(21)13-7-9-15(10-8-13)24(22,23)14-4-2-3-5-14/h7-10,12,14H,2-6,11H2,1H3,(H,18,21)(H,19,20). The predicted octanol–water partition coefficient (Wildman–Crippen LogP) is 2.39. The highest BCUT2D eigenvalue weighted by molar-refractivity contribution is 7.92. The van der Waals surface area contributed by atoms with Gasteiger partial charge in [-0.25, -0.2) is 8.42 Å². The smallest absolute Gasteiger partial charge is 0.303 e. The number of nitrogens with one attached hydrogen (secondary N) is 1. The Bertz CT molecular complexity index is 690. The molecule has 0 aromatic heterocycles. The number of carbonyl (C=O) groups excluding carboxylic acids is 1. The summed E-state index contributed by atoms with van der Waals surface area (Å²) in [5, 5.41) is 11.0. The zero-order valence-electron chi connectivity index (χ0n) is 13.7. The van der Waals surface area contributed by atoms with Crippen molar-refractivity contribution in [3.05, 3.63) is 29.8 Å². The average Bonchev–Trinajstić information content (AvgIpc) is 3.08. The van der Waals surface area contributed by atoms with Crippen LogP contribution in [0.1, 0.15) is 55.8 Å². The van der Waals surface area contributed by atoms with Gasteiger partial charge < -0.3 is 10.4 Å². The predicted molar refractivity (Wildman–Crippen MR) is 89.7 cm³/mol. The van der Waals surface area contributed by atoms with Crippen molar-refractivity contribution in [1.82, 2.24) is 5.32 Å². The molecule has 1 saturated carbocycles. The van der Waals surface area contributed by atoms with Crippen molar-refractivity contribution in [3.63, 3.8) is 0 Å². The number of hydrogen-bond acceptors (Lipinski definition) is 4. The highest BCUT2D eigenvalue weighted by Gasteiger charge is 2.30. The first-order chi connectivity index (χ1) is 11.3. The van der Waals surface area contributed by atoms with Gasteiger partial charge in [-0.3, -0.25) is 9.59 Å². The second-order valence-electron chi connectivity index (χ2n) is 6.28. The Morgan fingerprint density at radius 1 is 1.21 bits per heavy atom. The van der Waals surface area contributed by atoms with E-state index in [0.29, 0.717) is 24.8 Å². The lowest BCUT2D eigenvalue weighted by Crippen LogP contribution is -2.33. The van der Waals surface area contributed by atoms with Gasteiger partial charge in [-0.1, -0.05) is 12.8 Å². The van der Waals surface area contributed by atoms with Crippen LogP contribution < -0.4 is 5.32 Å². The second kappa shape index (κ2) is 7.79. The molecular weight excluding hydrogens is 330 g/mol. The summed E-state index contributed by atoms with van der Waals surface area (Å²) < 4.78 is 25.0. The van der Waals surface area contributed by atoms with E-state index in [4.69, 9.17) is 5.11 Å². The maximum absolute atomic E-state index is 12.5. The van der Waals surface area contributed by atoms with Gasteiger partial charge in [0.25, 0.3) is 5.91 Å². The molecular formula is C17H23NO5S. The number of sulfone groups is 1. The van der Waals surface area contributed by atoms with Crippen molar-refractivity contribution in [2.75, 3.05) is 0 Å². The van der Waals surface area contributed by atoms with Crippen LogP contribution in [0.5, 0.6) is 0 Å². The topological polar surface area (TPSA) is 101 Å². The number of carboxylic acid groups (broad SMARTS) is 1. The van der Waals surface area contributed by atoms with E-state index >= 15 is 0 Å². The molecule has 0 spiro atoms. The van der Waals surface area contributed by atoms with Gasteiger partial charge in [0.05, 0.1) is 10.1 Å². The van der Waals surface area contributed by atoms with Gasteiger partial charge in [-0.05, 0) is 50.5 Å². The van der Waals surface area contributed by atoms with Gasteiger partial charge in [0.2, 0.25) is 0 Å². The molecule has 0 heterocycles. The lowest BCUT2D eigenvalue weighted by molar-refractivity contribution is -0.137. The molecule has 6 nitrogen and oxygen atoms in total. The lowest BCUT2D eigenvalue weighted by Gasteiger charge is -2.14. The Kier molecular flexibility index (Phi) is 5.99. The van der Waals surface area contributed by atoms with E-state index in [-0.39, 0.29) is 28.5 Å². The van der Waals surface area contributed by atoms with Crippen molar-refractivity contribution >= 4 is 21.7 Å². The number of benzene rings is 1. The fourth-order valence-electron chi connectivity index (χ4n) is 2.91. The molecule has 1 atom stereocenters. The zero-order valence-corrected chi connectivity index (χ0v) is 14.5. The number of amides is 1. The number of carbonyl (C=O) groups is 2. The van der Waals surface area contributed by atoms with E-state index in [1.54, 1.807) is 6.92 Å². The fraction of sp³-hybridized carbons (Fsp3) is 0.529. The van der Waals surface area contributed by atoms with E-state index in [9.17, 15) is 18.0 Å². The van der Waals surface area contributed by atoms with Crippen molar-refractivity contribution in [2.45, 2.75) is 61.6 Å². The largest absolute Gasteiger partial charge is 0.481 e. The van der Waals surface area contributed by atoms with Crippen LogP contribution in [0.2, 0.25) is 0 Å². The molecule has 0 aliphatic heterocycles. The minimum Gasteiger partial charge on any atom is -0.481 e. The van der Waals surface area contributed by atoms with Gasteiger partial charge in [0.1, 0.15) is 0 Å². The lowest BCUT2D eigenvalue weighted by atomic mass is 10.1. The van der Waals surface area contributed by atoms with Gasteiger partial charge in [0, 0.05) is 18.0 Å². The molecule has 1 fully saturated rings. The molecule has 1 amide bonds. The summed E-state index contributed by atoms with van der Waals surface area (Å²) in [4.78, 5) is 22.9. The molecule has 1 aromatic rings. The van der Waals surface area contributed by atoms with Crippen LogP contribution in [0, 0.1) is 0 Å². The molecule has 7 heteroatoms. The Labute approximate surface area is 142 Å². The van der Waals surface area contributed by atoms with E-state index in [1.165, 1.54) is 24.3 Å². The van der Waals surface area contributed by atoms with E-state index in [0.717, 1.165) is 12.8 Å². The molecule has 1 aliphatic carbocycles. The fourth-order valence-corrected chi connectivity index (χ4v) is 4.76. The van der Waals surface area contributed by atoms with E-state index < -0.39 is 15.8 Å². The van der Waals surface area contributed by atoms with Crippen LogP contribution in [0.25, 0.3) is 0 Å². The number of rotatable bonds is 7. The first kappa shape index (κ1) is 18.4. The SMILES string of the molecule is CC(CCC(=O)O)NC(=O)c1ccc(S(=O)(=O)C2CCCC2)cc1. The third-order valence-electron chi connectivity index (χ3n) is 4.35. The van der Waals surface area contributed by atoms with E-state index in [1.807, 2.05) is 0 Å². The molecule has 0 saturated heterocycles. The summed E-state index contributed by atoms with van der Waals surface area (Å²) in [6, 6.07) is 5.69. The Morgan fingerprint density at radius 2 is 1.79 bits per heavy atom. The minimum atomic E-state index is -3.32.